The average molecular weight is 326 g/mol. The molecule has 0 spiro atoms. The van der Waals surface area contributed by atoms with Crippen LogP contribution in [0.5, 0.6) is 5.75 Å². The molecular weight excluding hydrogens is 304 g/mol. The van der Waals surface area contributed by atoms with Gasteiger partial charge in [0.15, 0.2) is 0 Å². The number of amides is 1. The molecule has 1 atom stereocenters. The molecule has 1 amide bonds. The van der Waals surface area contributed by atoms with E-state index in [-0.39, 0.29) is 18.4 Å². The SMILES string of the molecule is Cc1ccc(OCc2cccc(C(=O)N3CCC(CO)C3)c2)cn1. The Balaban J connectivity index is 1.63. The van der Waals surface area contributed by atoms with Crippen LogP contribution in [0.15, 0.2) is 42.6 Å². The molecule has 5 nitrogen and oxygen atoms in total. The molecule has 2 heterocycles. The minimum absolute atomic E-state index is 0.0183. The van der Waals surface area contributed by atoms with Gasteiger partial charge in [0.25, 0.3) is 5.91 Å². The van der Waals surface area contributed by atoms with Gasteiger partial charge in [-0.25, -0.2) is 0 Å². The Morgan fingerprint density at radius 2 is 2.25 bits per heavy atom. The molecule has 1 aliphatic heterocycles. The predicted molar refractivity (Wildman–Crippen MR) is 90.8 cm³/mol. The summed E-state index contributed by atoms with van der Waals surface area (Å²) in [6.07, 6.45) is 2.56. The Bertz CT molecular complexity index is 700. The number of rotatable bonds is 5. The highest BCUT2D eigenvalue weighted by Gasteiger charge is 2.26. The molecule has 1 aliphatic rings. The normalized spacial score (nSPS) is 17.1. The molecule has 126 valence electrons. The van der Waals surface area contributed by atoms with Crippen molar-refractivity contribution in [2.24, 2.45) is 5.92 Å². The number of hydrogen-bond acceptors (Lipinski definition) is 4. The highest BCUT2D eigenvalue weighted by Crippen LogP contribution is 2.19. The van der Waals surface area contributed by atoms with Gasteiger partial charge in [-0.15, -0.1) is 0 Å². The molecule has 0 aliphatic carbocycles. The molecule has 24 heavy (non-hydrogen) atoms. The summed E-state index contributed by atoms with van der Waals surface area (Å²) in [6, 6.07) is 11.3. The zero-order chi connectivity index (χ0) is 16.9. The maximum atomic E-state index is 12.6. The van der Waals surface area contributed by atoms with Crippen molar-refractivity contribution in [2.45, 2.75) is 20.0 Å². The van der Waals surface area contributed by atoms with Crippen molar-refractivity contribution < 1.29 is 14.6 Å². The van der Waals surface area contributed by atoms with Crippen LogP contribution in [0.2, 0.25) is 0 Å². The minimum Gasteiger partial charge on any atom is -0.487 e. The number of aryl methyl sites for hydroxylation is 1. The summed E-state index contributed by atoms with van der Waals surface area (Å²) in [4.78, 5) is 18.6. The lowest BCUT2D eigenvalue weighted by Crippen LogP contribution is -2.29. The second-order valence-corrected chi connectivity index (χ2v) is 6.21. The van der Waals surface area contributed by atoms with Gasteiger partial charge in [-0.05, 0) is 43.2 Å². The average Bonchev–Trinajstić information content (AvgIpc) is 3.10. The van der Waals surface area contributed by atoms with Crippen LogP contribution in [0.4, 0.5) is 0 Å². The molecule has 0 bridgehead atoms. The van der Waals surface area contributed by atoms with Gasteiger partial charge in [-0.1, -0.05) is 12.1 Å². The highest BCUT2D eigenvalue weighted by molar-refractivity contribution is 5.94. The van der Waals surface area contributed by atoms with E-state index in [0.717, 1.165) is 17.7 Å². The predicted octanol–water partition coefficient (Wildman–Crippen LogP) is 2.42. The fraction of sp³-hybridized carbons (Fsp3) is 0.368. The number of aliphatic hydroxyl groups is 1. The number of likely N-dealkylation sites (tertiary alicyclic amines) is 1. The molecule has 1 saturated heterocycles. The van der Waals surface area contributed by atoms with Gasteiger partial charge < -0.3 is 14.7 Å². The van der Waals surface area contributed by atoms with E-state index >= 15 is 0 Å². The first-order valence-electron chi connectivity index (χ1n) is 8.20. The lowest BCUT2D eigenvalue weighted by Gasteiger charge is -2.16. The second kappa shape index (κ2) is 7.45. The zero-order valence-electron chi connectivity index (χ0n) is 13.8. The summed E-state index contributed by atoms with van der Waals surface area (Å²) in [7, 11) is 0. The van der Waals surface area contributed by atoms with Gasteiger partial charge in [0.2, 0.25) is 0 Å². The van der Waals surface area contributed by atoms with E-state index in [4.69, 9.17) is 4.74 Å². The molecule has 1 fully saturated rings. The highest BCUT2D eigenvalue weighted by atomic mass is 16.5. The Hall–Kier alpha value is -2.40. The maximum Gasteiger partial charge on any atom is 0.253 e. The third-order valence-electron chi connectivity index (χ3n) is 4.29. The Labute approximate surface area is 141 Å². The Morgan fingerprint density at radius 3 is 2.96 bits per heavy atom. The monoisotopic (exact) mass is 326 g/mol. The second-order valence-electron chi connectivity index (χ2n) is 6.21. The summed E-state index contributed by atoms with van der Waals surface area (Å²) in [5, 5.41) is 9.22. The van der Waals surface area contributed by atoms with Crippen molar-refractivity contribution in [3.8, 4) is 5.75 Å². The molecule has 1 N–H and O–H groups in total. The van der Waals surface area contributed by atoms with Crippen molar-refractivity contribution in [1.82, 2.24) is 9.88 Å². The quantitative estimate of drug-likeness (QED) is 0.916. The number of benzene rings is 1. The number of aliphatic hydroxyl groups excluding tert-OH is 1. The van der Waals surface area contributed by atoms with Crippen LogP contribution >= 0.6 is 0 Å². The van der Waals surface area contributed by atoms with Crippen molar-refractivity contribution in [3.63, 3.8) is 0 Å². The van der Waals surface area contributed by atoms with Crippen molar-refractivity contribution in [3.05, 3.63) is 59.4 Å². The van der Waals surface area contributed by atoms with Gasteiger partial charge in [0.05, 0.1) is 6.20 Å². The summed E-state index contributed by atoms with van der Waals surface area (Å²) in [5.41, 5.74) is 2.55. The largest absolute Gasteiger partial charge is 0.487 e. The molecule has 0 saturated carbocycles. The number of aromatic nitrogens is 1. The fourth-order valence-electron chi connectivity index (χ4n) is 2.85. The van der Waals surface area contributed by atoms with Gasteiger partial charge in [0.1, 0.15) is 12.4 Å². The van der Waals surface area contributed by atoms with Gasteiger partial charge in [-0.2, -0.15) is 0 Å². The van der Waals surface area contributed by atoms with Crippen LogP contribution in [0.25, 0.3) is 0 Å². The number of pyridine rings is 1. The summed E-state index contributed by atoms with van der Waals surface area (Å²) >= 11 is 0. The topological polar surface area (TPSA) is 62.7 Å². The van der Waals surface area contributed by atoms with E-state index < -0.39 is 0 Å². The van der Waals surface area contributed by atoms with E-state index in [1.807, 2.05) is 48.2 Å². The van der Waals surface area contributed by atoms with Crippen LogP contribution in [0.1, 0.15) is 28.0 Å². The standard InChI is InChI=1S/C19H22N2O3/c1-14-5-6-18(10-20-14)24-13-15-3-2-4-17(9-15)19(23)21-8-7-16(11-21)12-22/h2-6,9-10,16,22H,7-8,11-13H2,1H3. The van der Waals surface area contributed by atoms with Crippen LogP contribution in [-0.2, 0) is 6.61 Å². The molecule has 5 heteroatoms. The number of carbonyl (C=O) groups is 1. The first-order valence-corrected chi connectivity index (χ1v) is 8.20. The third-order valence-corrected chi connectivity index (χ3v) is 4.29. The number of nitrogens with zero attached hydrogens (tertiary/aromatic N) is 2. The van der Waals surface area contributed by atoms with Gasteiger partial charge >= 0.3 is 0 Å². The molecule has 2 aromatic rings. The number of hydrogen-bond donors (Lipinski definition) is 1. The van der Waals surface area contributed by atoms with E-state index in [0.29, 0.717) is 31.0 Å². The number of carbonyl (C=O) groups excluding carboxylic acids is 1. The summed E-state index contributed by atoms with van der Waals surface area (Å²) in [5.74, 6) is 0.932. The molecule has 1 aromatic heterocycles. The smallest absolute Gasteiger partial charge is 0.253 e. The summed E-state index contributed by atoms with van der Waals surface area (Å²) < 4.78 is 5.72. The molecular formula is C19H22N2O3. The first-order chi connectivity index (χ1) is 11.7. The van der Waals surface area contributed by atoms with Crippen molar-refractivity contribution in [2.75, 3.05) is 19.7 Å². The first kappa shape index (κ1) is 16.5. The van der Waals surface area contributed by atoms with Gasteiger partial charge in [0, 0.05) is 36.9 Å². The Morgan fingerprint density at radius 1 is 1.38 bits per heavy atom. The molecule has 3 rings (SSSR count). The lowest BCUT2D eigenvalue weighted by molar-refractivity contribution is 0.0781. The van der Waals surface area contributed by atoms with Crippen LogP contribution in [-0.4, -0.2) is 40.6 Å². The van der Waals surface area contributed by atoms with Gasteiger partial charge in [-0.3, -0.25) is 9.78 Å². The zero-order valence-corrected chi connectivity index (χ0v) is 13.8. The van der Waals surface area contributed by atoms with Crippen LogP contribution < -0.4 is 4.74 Å². The summed E-state index contributed by atoms with van der Waals surface area (Å²) in [6.45, 7) is 3.80. The van der Waals surface area contributed by atoms with Crippen molar-refractivity contribution in [1.29, 1.82) is 0 Å². The molecule has 0 radical (unpaired) electrons. The Kier molecular flexibility index (Phi) is 5.11. The molecule has 1 aromatic carbocycles. The van der Waals surface area contributed by atoms with E-state index in [9.17, 15) is 9.90 Å². The minimum atomic E-state index is 0.0183. The third kappa shape index (κ3) is 3.92. The van der Waals surface area contributed by atoms with E-state index in [1.54, 1.807) is 6.20 Å². The van der Waals surface area contributed by atoms with Crippen LogP contribution in [0.3, 0.4) is 0 Å². The van der Waals surface area contributed by atoms with Crippen molar-refractivity contribution >= 4 is 5.91 Å². The van der Waals surface area contributed by atoms with E-state index in [2.05, 4.69) is 4.98 Å². The lowest BCUT2D eigenvalue weighted by atomic mass is 10.1. The maximum absolute atomic E-state index is 12.6. The molecule has 1 unspecified atom stereocenters. The number of ether oxygens (including phenoxy) is 1. The van der Waals surface area contributed by atoms with E-state index in [1.165, 1.54) is 0 Å². The fourth-order valence-corrected chi connectivity index (χ4v) is 2.85. The van der Waals surface area contributed by atoms with Crippen LogP contribution in [0, 0.1) is 12.8 Å².